The molecule has 0 radical (unpaired) electrons. The first kappa shape index (κ1) is 16.2. The fourth-order valence-electron chi connectivity index (χ4n) is 2.28. The highest BCUT2D eigenvalue weighted by molar-refractivity contribution is 5.91. The van der Waals surface area contributed by atoms with Crippen molar-refractivity contribution in [1.29, 1.82) is 0 Å². The molecule has 1 heterocycles. The lowest BCUT2D eigenvalue weighted by atomic mass is 10.2. The Morgan fingerprint density at radius 1 is 1.00 bits per heavy atom. The van der Waals surface area contributed by atoms with Gasteiger partial charge in [-0.3, -0.25) is 0 Å². The Balaban J connectivity index is 1.67. The maximum Gasteiger partial charge on any atom is 0.343 e. The third-order valence-corrected chi connectivity index (χ3v) is 3.49. The second kappa shape index (κ2) is 7.73. The molecule has 0 aromatic heterocycles. The van der Waals surface area contributed by atoms with E-state index in [-0.39, 0.29) is 0 Å². The summed E-state index contributed by atoms with van der Waals surface area (Å²) < 4.78 is 22.0. The van der Waals surface area contributed by atoms with Crippen molar-refractivity contribution in [1.82, 2.24) is 0 Å². The van der Waals surface area contributed by atoms with E-state index >= 15 is 0 Å². The molecule has 0 N–H and O–H groups in total. The quantitative estimate of drug-likeness (QED) is 0.616. The lowest BCUT2D eigenvalue weighted by molar-refractivity contribution is 0.0734. The van der Waals surface area contributed by atoms with Crippen molar-refractivity contribution in [2.45, 2.75) is 19.8 Å². The number of esters is 1. The van der Waals surface area contributed by atoms with E-state index in [9.17, 15) is 4.79 Å². The van der Waals surface area contributed by atoms with Gasteiger partial charge in [-0.15, -0.1) is 0 Å². The average Bonchev–Trinajstić information content (AvgIpc) is 2.85. The minimum atomic E-state index is -0.437. The highest BCUT2D eigenvalue weighted by atomic mass is 16.5. The van der Waals surface area contributed by atoms with E-state index in [4.69, 9.17) is 18.9 Å². The Labute approximate surface area is 141 Å². The summed E-state index contributed by atoms with van der Waals surface area (Å²) in [4.78, 5) is 12.3. The molecule has 0 saturated carbocycles. The SMILES string of the molecule is CCCOc1ccc(OC(=O)c2ccc3c(c2)OCCCO3)cc1. The number of carbonyl (C=O) groups excluding carboxylic acids is 1. The molecule has 24 heavy (non-hydrogen) atoms. The van der Waals surface area contributed by atoms with E-state index < -0.39 is 5.97 Å². The lowest BCUT2D eigenvalue weighted by Crippen LogP contribution is -2.09. The van der Waals surface area contributed by atoms with Crippen molar-refractivity contribution in [3.8, 4) is 23.0 Å². The monoisotopic (exact) mass is 328 g/mol. The van der Waals surface area contributed by atoms with E-state index in [0.29, 0.717) is 42.6 Å². The highest BCUT2D eigenvalue weighted by Gasteiger charge is 2.15. The molecule has 5 heteroatoms. The van der Waals surface area contributed by atoms with E-state index in [1.165, 1.54) is 0 Å². The molecule has 3 rings (SSSR count). The molecule has 0 aliphatic carbocycles. The van der Waals surface area contributed by atoms with Crippen LogP contribution < -0.4 is 18.9 Å². The van der Waals surface area contributed by atoms with Gasteiger partial charge in [-0.2, -0.15) is 0 Å². The van der Waals surface area contributed by atoms with Crippen LogP contribution in [0, 0.1) is 0 Å². The van der Waals surface area contributed by atoms with E-state index in [2.05, 4.69) is 0 Å². The first-order valence-corrected chi connectivity index (χ1v) is 8.11. The Kier molecular flexibility index (Phi) is 5.21. The molecule has 0 atom stereocenters. The van der Waals surface area contributed by atoms with Crippen molar-refractivity contribution < 1.29 is 23.7 Å². The molecule has 126 valence electrons. The number of hydrogen-bond acceptors (Lipinski definition) is 5. The smallest absolute Gasteiger partial charge is 0.343 e. The molecule has 0 unspecified atom stereocenters. The van der Waals surface area contributed by atoms with Crippen LogP contribution in [0.15, 0.2) is 42.5 Å². The Morgan fingerprint density at radius 3 is 2.46 bits per heavy atom. The molecule has 0 spiro atoms. The van der Waals surface area contributed by atoms with Crippen molar-refractivity contribution in [2.24, 2.45) is 0 Å². The number of fused-ring (bicyclic) bond motifs is 1. The van der Waals surface area contributed by atoms with Crippen molar-refractivity contribution in [3.63, 3.8) is 0 Å². The minimum Gasteiger partial charge on any atom is -0.494 e. The summed E-state index contributed by atoms with van der Waals surface area (Å²) in [5.41, 5.74) is 0.422. The van der Waals surface area contributed by atoms with Gasteiger partial charge in [0.25, 0.3) is 0 Å². The van der Waals surface area contributed by atoms with Gasteiger partial charge in [-0.25, -0.2) is 4.79 Å². The summed E-state index contributed by atoms with van der Waals surface area (Å²) >= 11 is 0. The van der Waals surface area contributed by atoms with Gasteiger partial charge >= 0.3 is 5.97 Å². The van der Waals surface area contributed by atoms with Crippen LogP contribution in [0.2, 0.25) is 0 Å². The number of ether oxygens (including phenoxy) is 4. The zero-order valence-electron chi connectivity index (χ0n) is 13.6. The number of carbonyl (C=O) groups is 1. The number of benzene rings is 2. The molecule has 0 amide bonds. The minimum absolute atomic E-state index is 0.422. The molecule has 1 aliphatic rings. The number of hydrogen-bond donors (Lipinski definition) is 0. The lowest BCUT2D eigenvalue weighted by Gasteiger charge is -2.10. The zero-order chi connectivity index (χ0) is 16.8. The number of rotatable bonds is 5. The molecule has 0 fully saturated rings. The summed E-state index contributed by atoms with van der Waals surface area (Å²) in [7, 11) is 0. The largest absolute Gasteiger partial charge is 0.494 e. The standard InChI is InChI=1S/C19H20O5/c1-2-10-21-15-5-7-16(8-6-15)24-19(20)14-4-9-17-18(13-14)23-12-3-11-22-17/h4-9,13H,2-3,10-12H2,1H3. The van der Waals surface area contributed by atoms with Gasteiger partial charge in [-0.05, 0) is 48.9 Å². The van der Waals surface area contributed by atoms with Crippen LogP contribution in [0.25, 0.3) is 0 Å². The molecule has 5 nitrogen and oxygen atoms in total. The average molecular weight is 328 g/mol. The first-order chi connectivity index (χ1) is 11.8. The Morgan fingerprint density at radius 2 is 1.71 bits per heavy atom. The summed E-state index contributed by atoms with van der Waals surface area (Å²) in [6, 6.07) is 12.1. The van der Waals surface area contributed by atoms with Crippen molar-refractivity contribution in [2.75, 3.05) is 19.8 Å². The van der Waals surface area contributed by atoms with Crippen LogP contribution in [-0.4, -0.2) is 25.8 Å². The van der Waals surface area contributed by atoms with Gasteiger partial charge in [-0.1, -0.05) is 6.92 Å². The van der Waals surface area contributed by atoms with Crippen molar-refractivity contribution >= 4 is 5.97 Å². The van der Waals surface area contributed by atoms with Gasteiger partial charge in [0, 0.05) is 6.42 Å². The van der Waals surface area contributed by atoms with Crippen LogP contribution in [0.3, 0.4) is 0 Å². The van der Waals surface area contributed by atoms with Crippen LogP contribution in [-0.2, 0) is 0 Å². The van der Waals surface area contributed by atoms with Gasteiger partial charge in [0.05, 0.1) is 25.4 Å². The normalized spacial score (nSPS) is 13.0. The topological polar surface area (TPSA) is 54.0 Å². The van der Waals surface area contributed by atoms with Gasteiger partial charge in [0.2, 0.25) is 0 Å². The maximum atomic E-state index is 12.3. The molecular formula is C19H20O5. The third kappa shape index (κ3) is 3.98. The fraction of sp³-hybridized carbons (Fsp3) is 0.316. The summed E-state index contributed by atoms with van der Waals surface area (Å²) in [6.07, 6.45) is 1.77. The second-order valence-electron chi connectivity index (χ2n) is 5.42. The fourth-order valence-corrected chi connectivity index (χ4v) is 2.28. The second-order valence-corrected chi connectivity index (χ2v) is 5.42. The van der Waals surface area contributed by atoms with E-state index in [1.807, 2.05) is 6.92 Å². The summed E-state index contributed by atoms with van der Waals surface area (Å²) in [6.45, 7) is 3.90. The summed E-state index contributed by atoms with van der Waals surface area (Å²) in [5.74, 6) is 2.02. The van der Waals surface area contributed by atoms with Crippen LogP contribution in [0.4, 0.5) is 0 Å². The van der Waals surface area contributed by atoms with Gasteiger partial charge in [0.1, 0.15) is 11.5 Å². The highest BCUT2D eigenvalue weighted by Crippen LogP contribution is 2.31. The molecule has 1 aliphatic heterocycles. The van der Waals surface area contributed by atoms with Gasteiger partial charge < -0.3 is 18.9 Å². The molecular weight excluding hydrogens is 308 g/mol. The molecule has 2 aromatic carbocycles. The zero-order valence-corrected chi connectivity index (χ0v) is 13.6. The molecule has 0 saturated heterocycles. The van der Waals surface area contributed by atoms with Crippen LogP contribution in [0.1, 0.15) is 30.1 Å². The van der Waals surface area contributed by atoms with Crippen LogP contribution in [0.5, 0.6) is 23.0 Å². The van der Waals surface area contributed by atoms with Gasteiger partial charge in [0.15, 0.2) is 11.5 Å². The molecule has 0 bridgehead atoms. The van der Waals surface area contributed by atoms with Crippen molar-refractivity contribution in [3.05, 3.63) is 48.0 Å². The first-order valence-electron chi connectivity index (χ1n) is 8.11. The summed E-state index contributed by atoms with van der Waals surface area (Å²) in [5, 5.41) is 0. The maximum absolute atomic E-state index is 12.3. The third-order valence-electron chi connectivity index (χ3n) is 3.49. The Bertz CT molecular complexity index is 693. The molecule has 2 aromatic rings. The predicted molar refractivity (Wildman–Crippen MR) is 89.2 cm³/mol. The van der Waals surface area contributed by atoms with E-state index in [0.717, 1.165) is 18.6 Å². The predicted octanol–water partition coefficient (Wildman–Crippen LogP) is 3.86. The van der Waals surface area contributed by atoms with Crippen LogP contribution >= 0.6 is 0 Å². The Hall–Kier alpha value is -2.69. The van der Waals surface area contributed by atoms with E-state index in [1.54, 1.807) is 42.5 Å².